The number of hydrogen-bond donors (Lipinski definition) is 3. The molecule has 132 valence electrons. The van der Waals surface area contributed by atoms with Crippen LogP contribution in [0.3, 0.4) is 0 Å². The molecule has 0 spiro atoms. The second-order valence-electron chi connectivity index (χ2n) is 6.02. The third-order valence-corrected chi connectivity index (χ3v) is 4.25. The standard InChI is InChI=1S/C19H19F3N2O/c20-19(21,22)18(25)17(11-13-5-2-1-3-6-13)24-12-14-7-4-8-16-15(14)9-10-23-16/h1-10,17-18,23-25H,11-12H2. The van der Waals surface area contributed by atoms with Gasteiger partial charge in [0.25, 0.3) is 0 Å². The molecular weight excluding hydrogens is 329 g/mol. The maximum atomic E-state index is 13.0. The van der Waals surface area contributed by atoms with Crippen LogP contribution in [0.15, 0.2) is 60.8 Å². The molecule has 3 nitrogen and oxygen atoms in total. The van der Waals surface area contributed by atoms with E-state index in [1.54, 1.807) is 36.5 Å². The number of hydrogen-bond acceptors (Lipinski definition) is 2. The van der Waals surface area contributed by atoms with E-state index < -0.39 is 18.3 Å². The number of aliphatic hydroxyl groups is 1. The summed E-state index contributed by atoms with van der Waals surface area (Å²) in [5.74, 6) is 0. The number of rotatable bonds is 6. The Labute approximate surface area is 143 Å². The molecule has 0 saturated carbocycles. The molecule has 2 aromatic carbocycles. The zero-order valence-electron chi connectivity index (χ0n) is 13.4. The minimum Gasteiger partial charge on any atom is -0.382 e. The number of nitrogens with one attached hydrogen (secondary N) is 2. The monoisotopic (exact) mass is 348 g/mol. The maximum absolute atomic E-state index is 13.0. The van der Waals surface area contributed by atoms with Gasteiger partial charge >= 0.3 is 6.18 Å². The first kappa shape index (κ1) is 17.5. The van der Waals surface area contributed by atoms with E-state index in [9.17, 15) is 18.3 Å². The maximum Gasteiger partial charge on any atom is 0.415 e. The van der Waals surface area contributed by atoms with Crippen LogP contribution >= 0.6 is 0 Å². The van der Waals surface area contributed by atoms with Crippen LogP contribution in [0.1, 0.15) is 11.1 Å². The van der Waals surface area contributed by atoms with Crippen molar-refractivity contribution in [2.45, 2.75) is 31.3 Å². The molecule has 0 amide bonds. The first-order valence-electron chi connectivity index (χ1n) is 8.02. The van der Waals surface area contributed by atoms with Gasteiger partial charge in [0.15, 0.2) is 6.10 Å². The number of fused-ring (bicyclic) bond motifs is 1. The quantitative estimate of drug-likeness (QED) is 0.635. The van der Waals surface area contributed by atoms with Crippen LogP contribution < -0.4 is 5.32 Å². The summed E-state index contributed by atoms with van der Waals surface area (Å²) in [6.07, 6.45) is -5.23. The lowest BCUT2D eigenvalue weighted by Gasteiger charge is -2.26. The van der Waals surface area contributed by atoms with E-state index in [0.717, 1.165) is 22.0 Å². The van der Waals surface area contributed by atoms with Gasteiger partial charge < -0.3 is 15.4 Å². The second kappa shape index (κ2) is 7.29. The topological polar surface area (TPSA) is 48.0 Å². The van der Waals surface area contributed by atoms with Gasteiger partial charge in [-0.2, -0.15) is 13.2 Å². The van der Waals surface area contributed by atoms with Gasteiger partial charge in [0.2, 0.25) is 0 Å². The van der Waals surface area contributed by atoms with Crippen LogP contribution in [-0.2, 0) is 13.0 Å². The van der Waals surface area contributed by atoms with Gasteiger partial charge in [0.05, 0.1) is 0 Å². The van der Waals surface area contributed by atoms with Crippen molar-refractivity contribution in [2.75, 3.05) is 0 Å². The van der Waals surface area contributed by atoms with Crippen LogP contribution in [-0.4, -0.2) is 28.4 Å². The number of benzene rings is 2. The summed E-state index contributed by atoms with van der Waals surface area (Å²) < 4.78 is 39.1. The van der Waals surface area contributed by atoms with Crippen LogP contribution in [0.2, 0.25) is 0 Å². The third-order valence-electron chi connectivity index (χ3n) is 4.25. The molecule has 2 atom stereocenters. The molecule has 6 heteroatoms. The number of aromatic nitrogens is 1. The number of alkyl halides is 3. The Morgan fingerprint density at radius 1 is 1.00 bits per heavy atom. The normalized spacial score (nSPS) is 14.6. The van der Waals surface area contributed by atoms with Crippen LogP contribution in [0, 0.1) is 0 Å². The van der Waals surface area contributed by atoms with Crippen molar-refractivity contribution in [2.24, 2.45) is 0 Å². The van der Waals surface area contributed by atoms with E-state index in [2.05, 4.69) is 10.3 Å². The van der Waals surface area contributed by atoms with E-state index >= 15 is 0 Å². The van der Waals surface area contributed by atoms with Gasteiger partial charge in [0, 0.05) is 29.7 Å². The summed E-state index contributed by atoms with van der Waals surface area (Å²) in [7, 11) is 0. The zero-order valence-corrected chi connectivity index (χ0v) is 13.4. The molecule has 0 radical (unpaired) electrons. The first-order chi connectivity index (χ1) is 11.9. The first-order valence-corrected chi connectivity index (χ1v) is 8.02. The fraction of sp³-hybridized carbons (Fsp3) is 0.263. The number of H-pyrrole nitrogens is 1. The second-order valence-corrected chi connectivity index (χ2v) is 6.02. The van der Waals surface area contributed by atoms with Gasteiger partial charge in [-0.15, -0.1) is 0 Å². The molecule has 3 aromatic rings. The van der Waals surface area contributed by atoms with Crippen molar-refractivity contribution >= 4 is 10.9 Å². The van der Waals surface area contributed by atoms with E-state index in [0.29, 0.717) is 0 Å². The highest BCUT2D eigenvalue weighted by molar-refractivity contribution is 5.82. The van der Waals surface area contributed by atoms with Crippen molar-refractivity contribution < 1.29 is 18.3 Å². The molecule has 0 aliphatic carbocycles. The highest BCUT2D eigenvalue weighted by Gasteiger charge is 2.43. The van der Waals surface area contributed by atoms with E-state index in [1.165, 1.54) is 0 Å². The minimum absolute atomic E-state index is 0.0879. The van der Waals surface area contributed by atoms with Crippen LogP contribution in [0.4, 0.5) is 13.2 Å². The van der Waals surface area contributed by atoms with Crippen molar-refractivity contribution in [3.05, 3.63) is 71.9 Å². The summed E-state index contributed by atoms with van der Waals surface area (Å²) in [5.41, 5.74) is 2.55. The molecule has 1 heterocycles. The van der Waals surface area contributed by atoms with Crippen molar-refractivity contribution in [1.29, 1.82) is 0 Å². The zero-order chi connectivity index (χ0) is 17.9. The van der Waals surface area contributed by atoms with E-state index in [4.69, 9.17) is 0 Å². The Hall–Kier alpha value is -2.31. The molecule has 2 unspecified atom stereocenters. The molecule has 3 N–H and O–H groups in total. The van der Waals surface area contributed by atoms with Crippen molar-refractivity contribution in [3.63, 3.8) is 0 Å². The summed E-state index contributed by atoms with van der Waals surface area (Å²) >= 11 is 0. The molecule has 0 fully saturated rings. The van der Waals surface area contributed by atoms with Crippen molar-refractivity contribution in [1.82, 2.24) is 10.3 Å². The van der Waals surface area contributed by atoms with Crippen LogP contribution in [0.5, 0.6) is 0 Å². The Balaban J connectivity index is 1.78. The largest absolute Gasteiger partial charge is 0.415 e. The molecular formula is C19H19F3N2O. The Morgan fingerprint density at radius 2 is 1.76 bits per heavy atom. The SMILES string of the molecule is OC(C(Cc1ccccc1)NCc1cccc2[nH]ccc12)C(F)(F)F. The molecule has 0 bridgehead atoms. The number of aliphatic hydroxyl groups excluding tert-OH is 1. The van der Waals surface area contributed by atoms with Gasteiger partial charge in [0.1, 0.15) is 0 Å². The fourth-order valence-corrected chi connectivity index (χ4v) is 2.94. The molecule has 0 aliphatic heterocycles. The molecule has 1 aromatic heterocycles. The summed E-state index contributed by atoms with van der Waals surface area (Å²) in [5, 5.41) is 13.6. The van der Waals surface area contributed by atoms with Gasteiger partial charge in [-0.3, -0.25) is 0 Å². The Bertz CT molecular complexity index is 814. The highest BCUT2D eigenvalue weighted by Crippen LogP contribution is 2.25. The smallest absolute Gasteiger partial charge is 0.382 e. The predicted octanol–water partition coefficient (Wildman–Crippen LogP) is 3.79. The lowest BCUT2D eigenvalue weighted by atomic mass is 10.00. The Kier molecular flexibility index (Phi) is 5.11. The Morgan fingerprint density at radius 3 is 2.48 bits per heavy atom. The molecule has 0 saturated heterocycles. The molecule has 3 rings (SSSR count). The average Bonchev–Trinajstić information content (AvgIpc) is 3.07. The van der Waals surface area contributed by atoms with Crippen molar-refractivity contribution in [3.8, 4) is 0 Å². The fourth-order valence-electron chi connectivity index (χ4n) is 2.94. The number of aromatic amines is 1. The lowest BCUT2D eigenvalue weighted by molar-refractivity contribution is -0.212. The third kappa shape index (κ3) is 4.21. The summed E-state index contributed by atoms with van der Waals surface area (Å²) in [6, 6.07) is 15.2. The highest BCUT2D eigenvalue weighted by atomic mass is 19.4. The van der Waals surface area contributed by atoms with E-state index in [1.807, 2.05) is 24.3 Å². The van der Waals surface area contributed by atoms with Gasteiger partial charge in [-0.25, -0.2) is 0 Å². The summed E-state index contributed by atoms with van der Waals surface area (Å²) in [6.45, 7) is 0.236. The number of halogens is 3. The average molecular weight is 348 g/mol. The van der Waals surface area contributed by atoms with Gasteiger partial charge in [-0.05, 0) is 29.7 Å². The van der Waals surface area contributed by atoms with E-state index in [-0.39, 0.29) is 13.0 Å². The summed E-state index contributed by atoms with van der Waals surface area (Å²) in [4.78, 5) is 3.08. The minimum atomic E-state index is -4.67. The van der Waals surface area contributed by atoms with Crippen LogP contribution in [0.25, 0.3) is 10.9 Å². The van der Waals surface area contributed by atoms with Gasteiger partial charge in [-0.1, -0.05) is 42.5 Å². The molecule has 0 aliphatic rings. The molecule has 25 heavy (non-hydrogen) atoms. The predicted molar refractivity (Wildman–Crippen MR) is 91.1 cm³/mol. The lowest BCUT2D eigenvalue weighted by Crippen LogP contribution is -2.49.